The van der Waals surface area contributed by atoms with Gasteiger partial charge in [-0.15, -0.1) is 0 Å². The number of alkyl halides is 1. The highest BCUT2D eigenvalue weighted by atomic mass is 79.9. The number of hydrogen-bond acceptors (Lipinski definition) is 4. The van der Waals surface area contributed by atoms with Crippen LogP contribution in [0.1, 0.15) is 18.4 Å². The third-order valence-corrected chi connectivity index (χ3v) is 4.51. The summed E-state index contributed by atoms with van der Waals surface area (Å²) in [4.78, 5) is 15.4. The highest BCUT2D eigenvalue weighted by molar-refractivity contribution is 9.08. The SMILES string of the molecule is CN(C)C1CCCN(c2ccc(CBr)cc2[N+](=O)[O-])C1. The van der Waals surface area contributed by atoms with Crippen LogP contribution in [0.2, 0.25) is 0 Å². The minimum atomic E-state index is -0.277. The molecule has 0 aromatic heterocycles. The number of anilines is 1. The Bertz CT molecular complexity index is 493. The van der Waals surface area contributed by atoms with Crippen LogP contribution in [-0.4, -0.2) is 43.0 Å². The van der Waals surface area contributed by atoms with Gasteiger partial charge in [0.1, 0.15) is 5.69 Å². The highest BCUT2D eigenvalue weighted by Gasteiger charge is 2.26. The van der Waals surface area contributed by atoms with Crippen molar-refractivity contribution < 1.29 is 4.92 Å². The molecular weight excluding hydrogens is 322 g/mol. The Kier molecular flexibility index (Phi) is 4.99. The number of likely N-dealkylation sites (N-methyl/N-ethyl adjacent to an activating group) is 1. The van der Waals surface area contributed by atoms with Gasteiger partial charge >= 0.3 is 0 Å². The van der Waals surface area contributed by atoms with Gasteiger partial charge in [0, 0.05) is 30.5 Å². The minimum absolute atomic E-state index is 0.210. The molecule has 0 saturated carbocycles. The molecule has 5 nitrogen and oxygen atoms in total. The molecule has 1 aromatic rings. The van der Waals surface area contributed by atoms with E-state index < -0.39 is 0 Å². The Labute approximate surface area is 127 Å². The standard InChI is InChI=1S/C14H20BrN3O2/c1-16(2)12-4-3-7-17(10-12)13-6-5-11(9-15)8-14(13)18(19)20/h5-6,8,12H,3-4,7,9-10H2,1-2H3. The average molecular weight is 342 g/mol. The third kappa shape index (κ3) is 3.30. The van der Waals surface area contributed by atoms with Crippen LogP contribution in [0.15, 0.2) is 18.2 Å². The summed E-state index contributed by atoms with van der Waals surface area (Å²) < 4.78 is 0. The van der Waals surface area contributed by atoms with E-state index in [1.165, 1.54) is 0 Å². The second-order valence-electron chi connectivity index (χ2n) is 5.42. The summed E-state index contributed by atoms with van der Waals surface area (Å²) in [6, 6.07) is 5.96. The van der Waals surface area contributed by atoms with E-state index in [1.54, 1.807) is 6.07 Å². The summed E-state index contributed by atoms with van der Waals surface area (Å²) >= 11 is 3.35. The minimum Gasteiger partial charge on any atom is -0.364 e. The molecule has 0 radical (unpaired) electrons. The first-order chi connectivity index (χ1) is 9.52. The first kappa shape index (κ1) is 15.3. The summed E-state index contributed by atoms with van der Waals surface area (Å²) in [6.07, 6.45) is 2.22. The summed E-state index contributed by atoms with van der Waals surface area (Å²) in [5, 5.41) is 11.9. The zero-order valence-electron chi connectivity index (χ0n) is 11.9. The van der Waals surface area contributed by atoms with Gasteiger partial charge in [0.05, 0.1) is 4.92 Å². The maximum absolute atomic E-state index is 11.3. The molecule has 0 amide bonds. The Morgan fingerprint density at radius 3 is 2.85 bits per heavy atom. The van der Waals surface area contributed by atoms with E-state index in [9.17, 15) is 10.1 Å². The first-order valence-electron chi connectivity index (χ1n) is 6.77. The van der Waals surface area contributed by atoms with Crippen molar-refractivity contribution in [3.05, 3.63) is 33.9 Å². The lowest BCUT2D eigenvalue weighted by molar-refractivity contribution is -0.384. The second kappa shape index (κ2) is 6.54. The van der Waals surface area contributed by atoms with Gasteiger partial charge in [-0.25, -0.2) is 0 Å². The molecule has 0 aliphatic carbocycles. The van der Waals surface area contributed by atoms with E-state index >= 15 is 0 Å². The van der Waals surface area contributed by atoms with Crippen molar-refractivity contribution in [1.82, 2.24) is 4.90 Å². The Morgan fingerprint density at radius 1 is 1.50 bits per heavy atom. The van der Waals surface area contributed by atoms with E-state index in [0.29, 0.717) is 11.4 Å². The molecule has 110 valence electrons. The number of benzene rings is 1. The van der Waals surface area contributed by atoms with Crippen molar-refractivity contribution in [2.75, 3.05) is 32.1 Å². The molecule has 1 unspecified atom stereocenters. The predicted molar refractivity (Wildman–Crippen MR) is 84.6 cm³/mol. The lowest BCUT2D eigenvalue weighted by atomic mass is 10.0. The number of nitro benzene ring substituents is 1. The largest absolute Gasteiger partial charge is 0.364 e. The molecule has 1 aromatic carbocycles. The van der Waals surface area contributed by atoms with Crippen molar-refractivity contribution in [3.63, 3.8) is 0 Å². The molecule has 1 heterocycles. The normalized spacial score (nSPS) is 19.4. The van der Waals surface area contributed by atoms with Gasteiger partial charge < -0.3 is 9.80 Å². The summed E-state index contributed by atoms with van der Waals surface area (Å²) in [5.74, 6) is 0. The van der Waals surface area contributed by atoms with Gasteiger partial charge in [-0.2, -0.15) is 0 Å². The lowest BCUT2D eigenvalue weighted by Crippen LogP contribution is -2.45. The smallest absolute Gasteiger partial charge is 0.292 e. The molecule has 1 fully saturated rings. The van der Waals surface area contributed by atoms with Gasteiger partial charge in [-0.3, -0.25) is 10.1 Å². The molecule has 1 saturated heterocycles. The summed E-state index contributed by atoms with van der Waals surface area (Å²) in [7, 11) is 4.13. The highest BCUT2D eigenvalue weighted by Crippen LogP contribution is 2.32. The van der Waals surface area contributed by atoms with Crippen LogP contribution in [0.3, 0.4) is 0 Å². The number of piperidine rings is 1. The number of rotatable bonds is 4. The molecule has 20 heavy (non-hydrogen) atoms. The van der Waals surface area contributed by atoms with Crippen LogP contribution < -0.4 is 4.90 Å². The zero-order valence-corrected chi connectivity index (χ0v) is 13.5. The molecule has 0 spiro atoms. The Morgan fingerprint density at radius 2 is 2.25 bits per heavy atom. The fourth-order valence-electron chi connectivity index (χ4n) is 2.66. The second-order valence-corrected chi connectivity index (χ2v) is 5.98. The maximum atomic E-state index is 11.3. The van der Waals surface area contributed by atoms with Gasteiger partial charge in [-0.1, -0.05) is 22.0 Å². The monoisotopic (exact) mass is 341 g/mol. The van der Waals surface area contributed by atoms with Crippen molar-refractivity contribution >= 4 is 27.3 Å². The van der Waals surface area contributed by atoms with Crippen LogP contribution >= 0.6 is 15.9 Å². The molecule has 2 rings (SSSR count). The lowest BCUT2D eigenvalue weighted by Gasteiger charge is -2.37. The van der Waals surface area contributed by atoms with Crippen LogP contribution in [0.5, 0.6) is 0 Å². The fraction of sp³-hybridized carbons (Fsp3) is 0.571. The summed E-state index contributed by atoms with van der Waals surface area (Å²) in [6.45, 7) is 1.74. The topological polar surface area (TPSA) is 49.6 Å². The molecule has 1 aliphatic rings. The maximum Gasteiger partial charge on any atom is 0.292 e. The predicted octanol–water partition coefficient (Wildman–Crippen LogP) is 3.02. The molecule has 0 bridgehead atoms. The Balaban J connectivity index is 2.29. The first-order valence-corrected chi connectivity index (χ1v) is 7.89. The van der Waals surface area contributed by atoms with E-state index in [0.717, 1.165) is 37.2 Å². The van der Waals surface area contributed by atoms with Crippen LogP contribution in [-0.2, 0) is 5.33 Å². The molecular formula is C14H20BrN3O2. The molecule has 1 atom stereocenters. The number of nitrogens with zero attached hydrogens (tertiary/aromatic N) is 3. The van der Waals surface area contributed by atoms with Gasteiger partial charge in [0.15, 0.2) is 0 Å². The van der Waals surface area contributed by atoms with Crippen molar-refractivity contribution in [2.45, 2.75) is 24.2 Å². The van der Waals surface area contributed by atoms with Crippen molar-refractivity contribution in [2.24, 2.45) is 0 Å². The van der Waals surface area contributed by atoms with Crippen LogP contribution in [0, 0.1) is 10.1 Å². The van der Waals surface area contributed by atoms with Gasteiger partial charge in [0.2, 0.25) is 0 Å². The van der Waals surface area contributed by atoms with E-state index in [4.69, 9.17) is 0 Å². The van der Waals surface area contributed by atoms with Crippen molar-refractivity contribution in [1.29, 1.82) is 0 Å². The number of nitro groups is 1. The van der Waals surface area contributed by atoms with E-state index in [2.05, 4.69) is 39.8 Å². The number of halogens is 1. The molecule has 6 heteroatoms. The summed E-state index contributed by atoms with van der Waals surface area (Å²) in [5.41, 5.74) is 1.88. The van der Waals surface area contributed by atoms with E-state index in [-0.39, 0.29) is 10.6 Å². The van der Waals surface area contributed by atoms with Crippen molar-refractivity contribution in [3.8, 4) is 0 Å². The molecule has 0 N–H and O–H groups in total. The third-order valence-electron chi connectivity index (χ3n) is 3.86. The fourth-order valence-corrected chi connectivity index (χ4v) is 3.01. The average Bonchev–Trinajstić information content (AvgIpc) is 2.46. The van der Waals surface area contributed by atoms with Crippen LogP contribution in [0.25, 0.3) is 0 Å². The Hall–Kier alpha value is -1.14. The molecule has 1 aliphatic heterocycles. The van der Waals surface area contributed by atoms with E-state index in [1.807, 2.05) is 12.1 Å². The van der Waals surface area contributed by atoms with Gasteiger partial charge in [0.25, 0.3) is 5.69 Å². The quantitative estimate of drug-likeness (QED) is 0.479. The zero-order chi connectivity index (χ0) is 14.7. The number of hydrogen-bond donors (Lipinski definition) is 0. The van der Waals surface area contributed by atoms with Crippen LogP contribution in [0.4, 0.5) is 11.4 Å². The van der Waals surface area contributed by atoms with Gasteiger partial charge in [-0.05, 0) is 38.6 Å².